The number of hydrogen-bond acceptors (Lipinski definition) is 4. The van der Waals surface area contributed by atoms with E-state index in [1.165, 1.54) is 18.2 Å². The molecule has 1 amide bonds. The minimum Gasteiger partial charge on any atom is -0.343 e. The second-order valence-corrected chi connectivity index (χ2v) is 5.40. The summed E-state index contributed by atoms with van der Waals surface area (Å²) in [5, 5.41) is 14.4. The molecular weight excluding hydrogens is 321 g/mol. The van der Waals surface area contributed by atoms with E-state index in [-0.39, 0.29) is 11.7 Å². The van der Waals surface area contributed by atoms with Gasteiger partial charge in [0.05, 0.1) is 11.7 Å². The standard InChI is InChI=1S/C18H16FN5O/c1-13(18-21-22-23-24(18)16-8-3-2-4-9-16)20-17(25)11-10-14-6-5-7-15(19)12-14/h2-13H,1H3,(H,20,25)/b11-10+. The van der Waals surface area contributed by atoms with Crippen molar-refractivity contribution in [3.05, 3.63) is 77.9 Å². The third kappa shape index (κ3) is 4.14. The summed E-state index contributed by atoms with van der Waals surface area (Å²) in [6.45, 7) is 1.79. The lowest BCUT2D eigenvalue weighted by Crippen LogP contribution is -2.27. The van der Waals surface area contributed by atoms with E-state index in [4.69, 9.17) is 0 Å². The molecule has 0 aliphatic carbocycles. The number of nitrogens with zero attached hydrogens (tertiary/aromatic N) is 4. The minimum atomic E-state index is -0.403. The first-order chi connectivity index (χ1) is 12.1. The molecule has 0 saturated carbocycles. The summed E-state index contributed by atoms with van der Waals surface area (Å²) in [5.74, 6) is -0.156. The molecule has 25 heavy (non-hydrogen) atoms. The Labute approximate surface area is 144 Å². The number of rotatable bonds is 5. The lowest BCUT2D eigenvalue weighted by atomic mass is 10.2. The molecule has 1 atom stereocenters. The first-order valence-electron chi connectivity index (χ1n) is 7.71. The first-order valence-corrected chi connectivity index (χ1v) is 7.71. The SMILES string of the molecule is CC(NC(=O)/C=C/c1cccc(F)c1)c1nnnn1-c1ccccc1. The topological polar surface area (TPSA) is 72.7 Å². The molecule has 3 rings (SSSR count). The second-order valence-electron chi connectivity index (χ2n) is 5.40. The van der Waals surface area contributed by atoms with Crippen LogP contribution in [0.5, 0.6) is 0 Å². The maximum atomic E-state index is 13.1. The van der Waals surface area contributed by atoms with Crippen LogP contribution >= 0.6 is 0 Å². The number of carbonyl (C=O) groups excluding carboxylic acids is 1. The van der Waals surface area contributed by atoms with Gasteiger partial charge >= 0.3 is 0 Å². The van der Waals surface area contributed by atoms with E-state index in [2.05, 4.69) is 20.8 Å². The zero-order valence-electron chi connectivity index (χ0n) is 13.5. The van der Waals surface area contributed by atoms with Gasteiger partial charge in [0.15, 0.2) is 5.82 Å². The van der Waals surface area contributed by atoms with Crippen molar-refractivity contribution in [1.29, 1.82) is 0 Å². The molecule has 0 spiro atoms. The Morgan fingerprint density at radius 3 is 2.76 bits per heavy atom. The smallest absolute Gasteiger partial charge is 0.244 e. The molecule has 0 saturated heterocycles. The fourth-order valence-corrected chi connectivity index (χ4v) is 2.33. The Bertz CT molecular complexity index is 891. The molecule has 1 unspecified atom stereocenters. The molecule has 7 heteroatoms. The van der Waals surface area contributed by atoms with Crippen molar-refractivity contribution >= 4 is 12.0 Å². The van der Waals surface area contributed by atoms with E-state index in [1.807, 2.05) is 30.3 Å². The average Bonchev–Trinajstić information content (AvgIpc) is 3.11. The number of halogens is 1. The molecular formula is C18H16FN5O. The number of para-hydroxylation sites is 1. The molecule has 1 N–H and O–H groups in total. The zero-order valence-corrected chi connectivity index (χ0v) is 13.5. The monoisotopic (exact) mass is 337 g/mol. The van der Waals surface area contributed by atoms with Gasteiger partial charge in [-0.15, -0.1) is 5.10 Å². The van der Waals surface area contributed by atoms with Gasteiger partial charge in [-0.1, -0.05) is 30.3 Å². The van der Waals surface area contributed by atoms with Crippen molar-refractivity contribution in [2.75, 3.05) is 0 Å². The number of aromatic nitrogens is 4. The highest BCUT2D eigenvalue weighted by Gasteiger charge is 2.16. The largest absolute Gasteiger partial charge is 0.343 e. The molecule has 126 valence electrons. The first kappa shape index (κ1) is 16.5. The number of benzene rings is 2. The van der Waals surface area contributed by atoms with Gasteiger partial charge in [-0.3, -0.25) is 4.79 Å². The predicted molar refractivity (Wildman–Crippen MR) is 91.1 cm³/mol. The molecule has 1 heterocycles. The third-order valence-electron chi connectivity index (χ3n) is 3.52. The molecule has 0 bridgehead atoms. The Hall–Kier alpha value is -3.35. The number of amides is 1. The molecule has 0 aliphatic rings. The van der Waals surface area contributed by atoms with E-state index in [0.717, 1.165) is 5.69 Å². The van der Waals surface area contributed by atoms with Gasteiger partial charge in [0.2, 0.25) is 5.91 Å². The second kappa shape index (κ2) is 7.48. The molecule has 3 aromatic rings. The lowest BCUT2D eigenvalue weighted by Gasteiger charge is -2.12. The van der Waals surface area contributed by atoms with Gasteiger partial charge in [-0.2, -0.15) is 4.68 Å². The van der Waals surface area contributed by atoms with Gasteiger partial charge in [0.1, 0.15) is 5.82 Å². The van der Waals surface area contributed by atoms with Crippen LogP contribution in [-0.4, -0.2) is 26.1 Å². The molecule has 0 fully saturated rings. The normalized spacial score (nSPS) is 12.2. The Morgan fingerprint density at radius 2 is 2.00 bits per heavy atom. The van der Waals surface area contributed by atoms with Crippen LogP contribution in [0, 0.1) is 5.82 Å². The molecule has 0 aliphatic heterocycles. The predicted octanol–water partition coefficient (Wildman–Crippen LogP) is 2.69. The van der Waals surface area contributed by atoms with Crippen molar-refractivity contribution in [2.45, 2.75) is 13.0 Å². The summed E-state index contributed by atoms with van der Waals surface area (Å²) in [4.78, 5) is 12.1. The molecule has 6 nitrogen and oxygen atoms in total. The number of hydrogen-bond donors (Lipinski definition) is 1. The van der Waals surface area contributed by atoms with Gasteiger partial charge in [-0.05, 0) is 53.3 Å². The maximum absolute atomic E-state index is 13.1. The lowest BCUT2D eigenvalue weighted by molar-refractivity contribution is -0.117. The summed E-state index contributed by atoms with van der Waals surface area (Å²) in [5.41, 5.74) is 1.41. The summed E-state index contributed by atoms with van der Waals surface area (Å²) in [6, 6.07) is 15.0. The molecule has 2 aromatic carbocycles. The summed E-state index contributed by atoms with van der Waals surface area (Å²) >= 11 is 0. The quantitative estimate of drug-likeness (QED) is 0.727. The van der Waals surface area contributed by atoms with Crippen LogP contribution in [0.1, 0.15) is 24.4 Å². The van der Waals surface area contributed by atoms with Crippen LogP contribution in [-0.2, 0) is 4.79 Å². The summed E-state index contributed by atoms with van der Waals surface area (Å²) < 4.78 is 14.7. The van der Waals surface area contributed by atoms with E-state index in [1.54, 1.807) is 29.8 Å². The van der Waals surface area contributed by atoms with Gasteiger partial charge < -0.3 is 5.32 Å². The highest BCUT2D eigenvalue weighted by atomic mass is 19.1. The van der Waals surface area contributed by atoms with E-state index >= 15 is 0 Å². The zero-order chi connectivity index (χ0) is 17.6. The Morgan fingerprint density at radius 1 is 1.20 bits per heavy atom. The number of nitrogens with one attached hydrogen (secondary N) is 1. The highest BCUT2D eigenvalue weighted by Crippen LogP contribution is 2.13. The van der Waals surface area contributed by atoms with E-state index < -0.39 is 6.04 Å². The van der Waals surface area contributed by atoms with Crippen molar-refractivity contribution in [3.8, 4) is 5.69 Å². The Balaban J connectivity index is 1.70. The van der Waals surface area contributed by atoms with Gasteiger partial charge in [0.25, 0.3) is 0 Å². The van der Waals surface area contributed by atoms with Crippen LogP contribution in [0.15, 0.2) is 60.7 Å². The molecule has 0 radical (unpaired) electrons. The number of carbonyl (C=O) groups is 1. The van der Waals surface area contributed by atoms with Crippen LogP contribution < -0.4 is 5.32 Å². The third-order valence-corrected chi connectivity index (χ3v) is 3.52. The maximum Gasteiger partial charge on any atom is 0.244 e. The summed E-state index contributed by atoms with van der Waals surface area (Å²) in [7, 11) is 0. The van der Waals surface area contributed by atoms with Crippen molar-refractivity contribution in [1.82, 2.24) is 25.5 Å². The van der Waals surface area contributed by atoms with Crippen molar-refractivity contribution < 1.29 is 9.18 Å². The van der Waals surface area contributed by atoms with E-state index in [0.29, 0.717) is 11.4 Å². The Kier molecular flexibility index (Phi) is 4.94. The average molecular weight is 337 g/mol. The van der Waals surface area contributed by atoms with Gasteiger partial charge in [-0.25, -0.2) is 4.39 Å². The fourth-order valence-electron chi connectivity index (χ4n) is 2.33. The fraction of sp³-hybridized carbons (Fsp3) is 0.111. The minimum absolute atomic E-state index is 0.320. The van der Waals surface area contributed by atoms with Crippen molar-refractivity contribution in [3.63, 3.8) is 0 Å². The van der Waals surface area contributed by atoms with Crippen LogP contribution in [0.3, 0.4) is 0 Å². The van der Waals surface area contributed by atoms with Crippen LogP contribution in [0.2, 0.25) is 0 Å². The van der Waals surface area contributed by atoms with Crippen LogP contribution in [0.4, 0.5) is 4.39 Å². The highest BCUT2D eigenvalue weighted by molar-refractivity contribution is 5.91. The van der Waals surface area contributed by atoms with Crippen molar-refractivity contribution in [2.24, 2.45) is 0 Å². The summed E-state index contributed by atoms with van der Waals surface area (Å²) in [6.07, 6.45) is 2.90. The number of tetrazole rings is 1. The van der Waals surface area contributed by atoms with Gasteiger partial charge in [0, 0.05) is 6.08 Å². The molecule has 1 aromatic heterocycles. The van der Waals surface area contributed by atoms with E-state index in [9.17, 15) is 9.18 Å². The van der Waals surface area contributed by atoms with Crippen LogP contribution in [0.25, 0.3) is 11.8 Å².